The Kier molecular flexibility index (Phi) is 4.66. The Morgan fingerprint density at radius 2 is 1.81 bits per heavy atom. The Morgan fingerprint density at radius 3 is 2.43 bits per heavy atom. The number of benzene rings is 2. The van der Waals surface area contributed by atoms with Crippen molar-refractivity contribution in [2.24, 2.45) is 0 Å². The van der Waals surface area contributed by atoms with E-state index in [4.69, 9.17) is 27.9 Å². The van der Waals surface area contributed by atoms with Gasteiger partial charge in [0.2, 0.25) is 0 Å². The Morgan fingerprint density at radius 1 is 1.10 bits per heavy atom. The first-order valence-electron chi connectivity index (χ1n) is 5.96. The number of hydrogen-bond acceptors (Lipinski definition) is 3. The summed E-state index contributed by atoms with van der Waals surface area (Å²) >= 11 is 11.8. The van der Waals surface area contributed by atoms with Gasteiger partial charge in [0.05, 0.1) is 17.8 Å². The quantitative estimate of drug-likeness (QED) is 0.906. The van der Waals surface area contributed by atoms with Gasteiger partial charge in [0.1, 0.15) is 10.6 Å². The summed E-state index contributed by atoms with van der Waals surface area (Å²) in [5, 5.41) is 0.647. The molecule has 0 saturated heterocycles. The second kappa shape index (κ2) is 6.13. The van der Waals surface area contributed by atoms with E-state index >= 15 is 0 Å². The summed E-state index contributed by atoms with van der Waals surface area (Å²) in [5.41, 5.74) is 1.06. The maximum absolute atomic E-state index is 12.5. The Hall–Kier alpha value is -1.43. The molecule has 2 rings (SSSR count). The van der Waals surface area contributed by atoms with Crippen molar-refractivity contribution in [2.75, 3.05) is 11.8 Å². The molecule has 0 saturated carbocycles. The van der Waals surface area contributed by atoms with Crippen LogP contribution in [0, 0.1) is 6.92 Å². The number of rotatable bonds is 4. The molecule has 0 unspecified atom stereocenters. The highest BCUT2D eigenvalue weighted by Crippen LogP contribution is 2.30. The van der Waals surface area contributed by atoms with Crippen LogP contribution in [0.25, 0.3) is 0 Å². The summed E-state index contributed by atoms with van der Waals surface area (Å²) in [4.78, 5) is 0.0519. The minimum absolute atomic E-state index is 0.0519. The molecule has 0 amide bonds. The van der Waals surface area contributed by atoms with Gasteiger partial charge in [0.25, 0.3) is 10.0 Å². The molecule has 0 atom stereocenters. The van der Waals surface area contributed by atoms with Gasteiger partial charge < -0.3 is 4.74 Å². The number of ether oxygens (including phenoxy) is 1. The van der Waals surface area contributed by atoms with Crippen LogP contribution in [0.4, 0.5) is 5.69 Å². The van der Waals surface area contributed by atoms with Crippen molar-refractivity contribution in [3.8, 4) is 5.75 Å². The summed E-state index contributed by atoms with van der Waals surface area (Å²) in [6.45, 7) is 1.80. The lowest BCUT2D eigenvalue weighted by molar-refractivity contribution is 0.402. The predicted octanol–water partition coefficient (Wildman–Crippen LogP) is 4.11. The van der Waals surface area contributed by atoms with E-state index in [0.29, 0.717) is 5.02 Å². The molecule has 0 bridgehead atoms. The van der Waals surface area contributed by atoms with Crippen LogP contribution in [0.2, 0.25) is 10.0 Å². The number of aryl methyl sites for hydroxylation is 1. The van der Waals surface area contributed by atoms with Crippen molar-refractivity contribution < 1.29 is 13.2 Å². The van der Waals surface area contributed by atoms with E-state index < -0.39 is 10.0 Å². The lowest BCUT2D eigenvalue weighted by atomic mass is 10.2. The molecule has 0 fully saturated rings. The van der Waals surface area contributed by atoms with Gasteiger partial charge in [-0.25, -0.2) is 8.42 Å². The Bertz CT molecular complexity index is 776. The van der Waals surface area contributed by atoms with Gasteiger partial charge >= 0.3 is 0 Å². The molecule has 21 heavy (non-hydrogen) atoms. The number of sulfonamides is 1. The van der Waals surface area contributed by atoms with Crippen molar-refractivity contribution in [1.82, 2.24) is 0 Å². The SMILES string of the molecule is COc1ccc(C)cc1S(=O)(=O)Nc1ccc(Cl)cc1Cl. The van der Waals surface area contributed by atoms with Crippen molar-refractivity contribution in [2.45, 2.75) is 11.8 Å². The smallest absolute Gasteiger partial charge is 0.265 e. The maximum atomic E-state index is 12.5. The monoisotopic (exact) mass is 345 g/mol. The van der Waals surface area contributed by atoms with Crippen LogP contribution >= 0.6 is 23.2 Å². The molecule has 0 aromatic heterocycles. The van der Waals surface area contributed by atoms with E-state index in [9.17, 15) is 8.42 Å². The fraction of sp³-hybridized carbons (Fsp3) is 0.143. The lowest BCUT2D eigenvalue weighted by Gasteiger charge is -2.13. The molecule has 7 heteroatoms. The van der Waals surface area contributed by atoms with E-state index in [2.05, 4.69) is 4.72 Å². The minimum atomic E-state index is -3.82. The summed E-state index contributed by atoms with van der Waals surface area (Å²) in [5.74, 6) is 0.262. The van der Waals surface area contributed by atoms with E-state index in [0.717, 1.165) is 5.56 Å². The number of methoxy groups -OCH3 is 1. The maximum Gasteiger partial charge on any atom is 0.265 e. The predicted molar refractivity (Wildman–Crippen MR) is 85.0 cm³/mol. The molecular weight excluding hydrogens is 333 g/mol. The van der Waals surface area contributed by atoms with Crippen LogP contribution in [0.1, 0.15) is 5.56 Å². The zero-order valence-corrected chi connectivity index (χ0v) is 13.7. The number of hydrogen-bond donors (Lipinski definition) is 1. The second-order valence-corrected chi connectivity index (χ2v) is 6.88. The topological polar surface area (TPSA) is 55.4 Å². The number of halogens is 2. The first kappa shape index (κ1) is 15.9. The highest BCUT2D eigenvalue weighted by molar-refractivity contribution is 7.92. The van der Waals surface area contributed by atoms with E-state index in [1.54, 1.807) is 25.1 Å². The van der Waals surface area contributed by atoms with Gasteiger partial charge in [-0.3, -0.25) is 4.72 Å². The van der Waals surface area contributed by atoms with Crippen molar-refractivity contribution in [3.05, 3.63) is 52.0 Å². The average Bonchev–Trinajstić information content (AvgIpc) is 2.42. The summed E-state index contributed by atoms with van der Waals surface area (Å²) in [7, 11) is -2.40. The third-order valence-electron chi connectivity index (χ3n) is 2.78. The van der Waals surface area contributed by atoms with Gasteiger partial charge in [0, 0.05) is 5.02 Å². The lowest BCUT2D eigenvalue weighted by Crippen LogP contribution is -2.14. The largest absolute Gasteiger partial charge is 0.495 e. The summed E-state index contributed by atoms with van der Waals surface area (Å²) in [6, 6.07) is 9.43. The standard InChI is InChI=1S/C14H13Cl2NO3S/c1-9-3-6-13(20-2)14(7-9)21(18,19)17-12-5-4-10(15)8-11(12)16/h3-8,17H,1-2H3. The van der Waals surface area contributed by atoms with Crippen LogP contribution in [-0.2, 0) is 10.0 Å². The van der Waals surface area contributed by atoms with Crippen LogP contribution < -0.4 is 9.46 Å². The Balaban J connectivity index is 2.45. The molecule has 0 aliphatic rings. The van der Waals surface area contributed by atoms with Gasteiger partial charge in [-0.1, -0.05) is 29.3 Å². The fourth-order valence-electron chi connectivity index (χ4n) is 1.77. The molecule has 2 aromatic rings. The molecule has 112 valence electrons. The van der Waals surface area contributed by atoms with Crippen molar-refractivity contribution >= 4 is 38.9 Å². The normalized spacial score (nSPS) is 11.2. The molecule has 4 nitrogen and oxygen atoms in total. The fourth-order valence-corrected chi connectivity index (χ4v) is 3.61. The average molecular weight is 346 g/mol. The van der Waals surface area contributed by atoms with Crippen LogP contribution in [0.5, 0.6) is 5.75 Å². The second-order valence-electron chi connectivity index (χ2n) is 4.38. The van der Waals surface area contributed by atoms with Gasteiger partial charge in [0.15, 0.2) is 0 Å². The highest BCUT2D eigenvalue weighted by atomic mass is 35.5. The third-order valence-corrected chi connectivity index (χ3v) is 4.72. The molecular formula is C14H13Cl2NO3S. The van der Waals surface area contributed by atoms with E-state index in [1.165, 1.54) is 25.3 Å². The third kappa shape index (κ3) is 3.61. The summed E-state index contributed by atoms with van der Waals surface area (Å²) in [6.07, 6.45) is 0. The first-order chi connectivity index (χ1) is 9.83. The molecule has 0 aliphatic carbocycles. The molecule has 0 heterocycles. The summed E-state index contributed by atoms with van der Waals surface area (Å²) < 4.78 is 32.5. The minimum Gasteiger partial charge on any atom is -0.495 e. The Labute approximate surface area is 133 Å². The molecule has 2 aromatic carbocycles. The first-order valence-corrected chi connectivity index (χ1v) is 8.20. The van der Waals surface area contributed by atoms with Gasteiger partial charge in [-0.05, 0) is 42.8 Å². The van der Waals surface area contributed by atoms with Crippen molar-refractivity contribution in [3.63, 3.8) is 0 Å². The van der Waals surface area contributed by atoms with E-state index in [1.807, 2.05) is 0 Å². The van der Waals surface area contributed by atoms with Gasteiger partial charge in [-0.15, -0.1) is 0 Å². The molecule has 0 aliphatic heterocycles. The van der Waals surface area contributed by atoms with Crippen molar-refractivity contribution in [1.29, 1.82) is 0 Å². The van der Waals surface area contributed by atoms with Crippen LogP contribution in [-0.4, -0.2) is 15.5 Å². The number of anilines is 1. The van der Waals surface area contributed by atoms with Crippen LogP contribution in [0.15, 0.2) is 41.3 Å². The van der Waals surface area contributed by atoms with E-state index in [-0.39, 0.29) is 21.4 Å². The molecule has 0 radical (unpaired) electrons. The van der Waals surface area contributed by atoms with Gasteiger partial charge in [-0.2, -0.15) is 0 Å². The molecule has 1 N–H and O–H groups in total. The zero-order chi connectivity index (χ0) is 15.6. The van der Waals surface area contributed by atoms with Crippen LogP contribution in [0.3, 0.4) is 0 Å². The molecule has 0 spiro atoms. The highest BCUT2D eigenvalue weighted by Gasteiger charge is 2.20. The zero-order valence-electron chi connectivity index (χ0n) is 11.4. The number of nitrogens with one attached hydrogen (secondary N) is 1.